The zero-order valence-corrected chi connectivity index (χ0v) is 14.0. The van der Waals surface area contributed by atoms with Gasteiger partial charge in [0.15, 0.2) is 5.82 Å². The lowest BCUT2D eigenvalue weighted by Gasteiger charge is -2.31. The number of piperidine rings is 1. The zero-order valence-electron chi connectivity index (χ0n) is 13.3. The molecular formula is C16H17ClF3N3O2. The Morgan fingerprint density at radius 2 is 1.80 bits per heavy atom. The van der Waals surface area contributed by atoms with E-state index in [0.29, 0.717) is 32.1 Å². The van der Waals surface area contributed by atoms with E-state index >= 15 is 0 Å². The van der Waals surface area contributed by atoms with E-state index in [1.807, 2.05) is 0 Å². The number of carbonyl (C=O) groups excluding carboxylic acids is 2. The van der Waals surface area contributed by atoms with Gasteiger partial charge in [-0.25, -0.2) is 4.98 Å². The number of hydrogen-bond acceptors (Lipinski definition) is 3. The van der Waals surface area contributed by atoms with E-state index < -0.39 is 11.7 Å². The molecular weight excluding hydrogens is 359 g/mol. The molecule has 1 aliphatic heterocycles. The summed E-state index contributed by atoms with van der Waals surface area (Å²) in [5.74, 6) is -0.431. The Labute approximate surface area is 147 Å². The van der Waals surface area contributed by atoms with Crippen LogP contribution in [0.4, 0.5) is 19.0 Å². The van der Waals surface area contributed by atoms with Crippen LogP contribution >= 0.6 is 11.6 Å². The van der Waals surface area contributed by atoms with E-state index in [9.17, 15) is 22.8 Å². The second-order valence-corrected chi connectivity index (χ2v) is 6.82. The summed E-state index contributed by atoms with van der Waals surface area (Å²) in [6, 6.07) is 0.737. The number of hydrogen-bond donors (Lipinski definition) is 1. The monoisotopic (exact) mass is 375 g/mol. The van der Waals surface area contributed by atoms with Gasteiger partial charge in [-0.05, 0) is 31.7 Å². The summed E-state index contributed by atoms with van der Waals surface area (Å²) >= 11 is 5.79. The summed E-state index contributed by atoms with van der Waals surface area (Å²) in [7, 11) is 0. The van der Waals surface area contributed by atoms with Crippen LogP contribution < -0.4 is 5.32 Å². The minimum Gasteiger partial charge on any atom is -0.342 e. The molecule has 0 unspecified atom stereocenters. The first-order valence-corrected chi connectivity index (χ1v) is 8.46. The van der Waals surface area contributed by atoms with Gasteiger partial charge < -0.3 is 10.2 Å². The van der Waals surface area contributed by atoms with Crippen molar-refractivity contribution in [2.45, 2.75) is 31.9 Å². The second-order valence-electron chi connectivity index (χ2n) is 6.42. The van der Waals surface area contributed by atoms with Crippen molar-refractivity contribution < 1.29 is 22.8 Å². The van der Waals surface area contributed by atoms with Crippen LogP contribution in [-0.4, -0.2) is 34.8 Å². The average molecular weight is 376 g/mol. The molecule has 3 rings (SSSR count). The van der Waals surface area contributed by atoms with Crippen LogP contribution in [0.2, 0.25) is 5.02 Å². The number of carbonyl (C=O) groups is 2. The van der Waals surface area contributed by atoms with Gasteiger partial charge in [-0.15, -0.1) is 0 Å². The summed E-state index contributed by atoms with van der Waals surface area (Å²) in [6.45, 7) is 1.03. The molecule has 1 aliphatic carbocycles. The van der Waals surface area contributed by atoms with Crippen molar-refractivity contribution >= 4 is 29.2 Å². The third-order valence-electron chi connectivity index (χ3n) is 4.51. The highest BCUT2D eigenvalue weighted by molar-refractivity contribution is 6.33. The number of anilines is 1. The van der Waals surface area contributed by atoms with Crippen molar-refractivity contribution in [2.24, 2.45) is 11.8 Å². The first-order chi connectivity index (χ1) is 11.8. The molecule has 136 valence electrons. The predicted octanol–water partition coefficient (Wildman–Crippen LogP) is 3.34. The molecule has 1 saturated heterocycles. The Hall–Kier alpha value is -1.83. The molecule has 1 saturated carbocycles. The number of rotatable bonds is 3. The first-order valence-electron chi connectivity index (χ1n) is 8.08. The topological polar surface area (TPSA) is 62.3 Å². The van der Waals surface area contributed by atoms with Crippen LogP contribution in [0.1, 0.15) is 31.2 Å². The smallest absolute Gasteiger partial charge is 0.342 e. The number of amides is 2. The minimum absolute atomic E-state index is 0.0869. The fourth-order valence-electron chi connectivity index (χ4n) is 2.85. The molecule has 0 bridgehead atoms. The Bertz CT molecular complexity index is 684. The Morgan fingerprint density at radius 3 is 2.32 bits per heavy atom. The minimum atomic E-state index is -4.54. The lowest BCUT2D eigenvalue weighted by atomic mass is 9.95. The number of halogens is 4. The van der Waals surface area contributed by atoms with E-state index in [-0.39, 0.29) is 34.5 Å². The Balaban J connectivity index is 1.57. The van der Waals surface area contributed by atoms with Crippen LogP contribution in [0.25, 0.3) is 0 Å². The van der Waals surface area contributed by atoms with E-state index in [1.165, 1.54) is 0 Å². The molecule has 1 aromatic heterocycles. The van der Waals surface area contributed by atoms with Gasteiger partial charge in [-0.1, -0.05) is 11.6 Å². The van der Waals surface area contributed by atoms with Crippen LogP contribution in [0.15, 0.2) is 12.3 Å². The number of likely N-dealkylation sites (tertiary alicyclic amines) is 1. The Kier molecular flexibility index (Phi) is 4.90. The van der Waals surface area contributed by atoms with Crippen molar-refractivity contribution in [3.8, 4) is 0 Å². The third-order valence-corrected chi connectivity index (χ3v) is 4.80. The van der Waals surface area contributed by atoms with Gasteiger partial charge in [0, 0.05) is 31.1 Å². The quantitative estimate of drug-likeness (QED) is 0.881. The number of nitrogens with one attached hydrogen (secondary N) is 1. The summed E-state index contributed by atoms with van der Waals surface area (Å²) in [5.41, 5.74) is -0.970. The number of aromatic nitrogens is 1. The standard InChI is InChI=1S/C16H17ClF3N3O2/c17-12-7-11(16(18,19)20)8-21-13(12)22-14(24)9-3-5-23(6-4-9)15(25)10-1-2-10/h7-10H,1-6H2,(H,21,22,24). The van der Waals surface area contributed by atoms with Gasteiger partial charge in [-0.3, -0.25) is 9.59 Å². The van der Waals surface area contributed by atoms with Crippen molar-refractivity contribution in [3.05, 3.63) is 22.8 Å². The molecule has 0 spiro atoms. The molecule has 1 N–H and O–H groups in total. The van der Waals surface area contributed by atoms with E-state index in [4.69, 9.17) is 11.6 Å². The summed E-state index contributed by atoms with van der Waals surface area (Å²) in [4.78, 5) is 29.7. The fraction of sp³-hybridized carbons (Fsp3) is 0.562. The molecule has 0 radical (unpaired) electrons. The summed E-state index contributed by atoms with van der Waals surface area (Å²) < 4.78 is 37.8. The molecule has 2 fully saturated rings. The highest BCUT2D eigenvalue weighted by Gasteiger charge is 2.36. The maximum absolute atomic E-state index is 12.6. The molecule has 2 aliphatic rings. The number of alkyl halides is 3. The maximum atomic E-state index is 12.6. The molecule has 2 heterocycles. The van der Waals surface area contributed by atoms with Gasteiger partial charge in [0.05, 0.1) is 10.6 Å². The summed E-state index contributed by atoms with van der Waals surface area (Å²) in [5, 5.41) is 2.23. The van der Waals surface area contributed by atoms with Gasteiger partial charge in [0.2, 0.25) is 11.8 Å². The van der Waals surface area contributed by atoms with E-state index in [1.54, 1.807) is 4.90 Å². The third kappa shape index (κ3) is 4.23. The molecule has 0 atom stereocenters. The largest absolute Gasteiger partial charge is 0.417 e. The van der Waals surface area contributed by atoms with Gasteiger partial charge >= 0.3 is 6.18 Å². The molecule has 1 aromatic rings. The second kappa shape index (κ2) is 6.82. The molecule has 5 nitrogen and oxygen atoms in total. The highest BCUT2D eigenvalue weighted by Crippen LogP contribution is 2.34. The van der Waals surface area contributed by atoms with Crippen LogP contribution in [0.3, 0.4) is 0 Å². The average Bonchev–Trinajstić information content (AvgIpc) is 3.40. The predicted molar refractivity (Wildman–Crippen MR) is 84.9 cm³/mol. The van der Waals surface area contributed by atoms with E-state index in [2.05, 4.69) is 10.3 Å². The van der Waals surface area contributed by atoms with Crippen molar-refractivity contribution in [3.63, 3.8) is 0 Å². The van der Waals surface area contributed by atoms with E-state index in [0.717, 1.165) is 18.9 Å². The summed E-state index contributed by atoms with van der Waals surface area (Å²) in [6.07, 6.45) is -0.988. The zero-order chi connectivity index (χ0) is 18.2. The van der Waals surface area contributed by atoms with Gasteiger partial charge in [-0.2, -0.15) is 13.2 Å². The van der Waals surface area contributed by atoms with Gasteiger partial charge in [0.25, 0.3) is 0 Å². The van der Waals surface area contributed by atoms with Crippen molar-refractivity contribution in [2.75, 3.05) is 18.4 Å². The lowest BCUT2D eigenvalue weighted by molar-refractivity contribution is -0.138. The molecule has 2 amide bonds. The number of pyridine rings is 1. The first kappa shape index (κ1) is 18.0. The van der Waals surface area contributed by atoms with Crippen LogP contribution in [-0.2, 0) is 15.8 Å². The molecule has 9 heteroatoms. The Morgan fingerprint density at radius 1 is 1.16 bits per heavy atom. The highest BCUT2D eigenvalue weighted by atomic mass is 35.5. The molecule has 0 aromatic carbocycles. The molecule has 25 heavy (non-hydrogen) atoms. The van der Waals surface area contributed by atoms with Gasteiger partial charge in [0.1, 0.15) is 0 Å². The maximum Gasteiger partial charge on any atom is 0.417 e. The van der Waals surface area contributed by atoms with Crippen LogP contribution in [0.5, 0.6) is 0 Å². The number of nitrogens with zero attached hydrogens (tertiary/aromatic N) is 2. The van der Waals surface area contributed by atoms with Crippen molar-refractivity contribution in [1.29, 1.82) is 0 Å². The fourth-order valence-corrected chi connectivity index (χ4v) is 3.07. The SMILES string of the molecule is O=C(Nc1ncc(C(F)(F)F)cc1Cl)C1CCN(C(=O)C2CC2)CC1. The lowest BCUT2D eigenvalue weighted by Crippen LogP contribution is -2.42. The van der Waals surface area contributed by atoms with Crippen LogP contribution in [0, 0.1) is 11.8 Å². The van der Waals surface area contributed by atoms with Crippen molar-refractivity contribution in [1.82, 2.24) is 9.88 Å². The normalized spacial score (nSPS) is 19.0.